The Morgan fingerprint density at radius 1 is 0.786 bits per heavy atom. The Morgan fingerprint density at radius 3 is 1.79 bits per heavy atom. The van der Waals surface area contributed by atoms with Gasteiger partial charge in [-0.2, -0.15) is 13.2 Å². The van der Waals surface area contributed by atoms with Gasteiger partial charge in [-0.1, -0.05) is 27.7 Å². The number of halogens is 3. The lowest BCUT2D eigenvalue weighted by atomic mass is 9.74. The van der Waals surface area contributed by atoms with Gasteiger partial charge < -0.3 is 29.5 Å². The van der Waals surface area contributed by atoms with Crippen LogP contribution in [-0.4, -0.2) is 56.6 Å². The topological polar surface area (TPSA) is 88.4 Å². The zero-order valence-electron chi connectivity index (χ0n) is 27.1. The van der Waals surface area contributed by atoms with Crippen LogP contribution in [0.1, 0.15) is 108 Å². The van der Waals surface area contributed by atoms with Crippen LogP contribution in [0.5, 0.6) is 0 Å². The van der Waals surface area contributed by atoms with Crippen LogP contribution >= 0.6 is 0 Å². The first-order valence-electron chi connectivity index (χ1n) is 15.1. The van der Waals surface area contributed by atoms with Crippen LogP contribution in [-0.2, 0) is 14.2 Å². The van der Waals surface area contributed by atoms with Gasteiger partial charge in [0.2, 0.25) is 0 Å². The first-order valence-corrected chi connectivity index (χ1v) is 15.1. The van der Waals surface area contributed by atoms with Crippen molar-refractivity contribution in [1.29, 1.82) is 0 Å². The van der Waals surface area contributed by atoms with Gasteiger partial charge in [-0.05, 0) is 96.3 Å². The van der Waals surface area contributed by atoms with Gasteiger partial charge in [-0.15, -0.1) is 0 Å². The van der Waals surface area contributed by atoms with E-state index < -0.39 is 52.9 Å². The smallest absolute Gasteiger partial charge is 0.392 e. The zero-order chi connectivity index (χ0) is 32.1. The minimum atomic E-state index is -4.50. The van der Waals surface area contributed by atoms with Gasteiger partial charge in [-0.25, -0.2) is 0 Å². The lowest BCUT2D eigenvalue weighted by Gasteiger charge is -2.36. The molecule has 0 saturated heterocycles. The fourth-order valence-corrected chi connectivity index (χ4v) is 6.31. The molecule has 42 heavy (non-hydrogen) atoms. The Bertz CT molecular complexity index is 1070. The van der Waals surface area contributed by atoms with Crippen molar-refractivity contribution in [1.82, 2.24) is 0 Å². The van der Waals surface area contributed by atoms with E-state index in [1.807, 2.05) is 67.5 Å². The molecule has 9 heteroatoms. The molecule has 6 nitrogen and oxygen atoms in total. The first kappa shape index (κ1) is 34.8. The van der Waals surface area contributed by atoms with Crippen molar-refractivity contribution in [3.63, 3.8) is 0 Å². The minimum Gasteiger partial charge on any atom is -0.489 e. The van der Waals surface area contributed by atoms with E-state index in [2.05, 4.69) is 0 Å². The largest absolute Gasteiger partial charge is 0.489 e. The number of rotatable bonds is 12. The van der Waals surface area contributed by atoms with Crippen molar-refractivity contribution >= 4 is 0 Å². The summed E-state index contributed by atoms with van der Waals surface area (Å²) < 4.78 is 56.5. The fraction of sp³-hybridized carbons (Fsp3) is 0.818. The van der Waals surface area contributed by atoms with Crippen molar-refractivity contribution in [3.8, 4) is 0 Å². The van der Waals surface area contributed by atoms with Crippen molar-refractivity contribution in [2.45, 2.75) is 149 Å². The van der Waals surface area contributed by atoms with Crippen molar-refractivity contribution < 1.29 is 42.7 Å². The molecular formula is C33H53F3O6. The summed E-state index contributed by atoms with van der Waals surface area (Å²) in [5, 5.41) is 32.4. The Morgan fingerprint density at radius 2 is 1.29 bits per heavy atom. The highest BCUT2D eigenvalue weighted by atomic mass is 19.4. The summed E-state index contributed by atoms with van der Waals surface area (Å²) in [4.78, 5) is 0. The second kappa shape index (κ2) is 11.7. The summed E-state index contributed by atoms with van der Waals surface area (Å²) in [5.41, 5.74) is -2.45. The van der Waals surface area contributed by atoms with E-state index in [4.69, 9.17) is 14.2 Å². The lowest BCUT2D eigenvalue weighted by molar-refractivity contribution is -0.155. The summed E-state index contributed by atoms with van der Waals surface area (Å²) in [6, 6.07) is 0. The molecule has 0 spiro atoms. The van der Waals surface area contributed by atoms with Crippen LogP contribution in [0, 0.1) is 22.7 Å². The van der Waals surface area contributed by atoms with Crippen molar-refractivity contribution in [2.75, 3.05) is 0 Å². The second-order valence-corrected chi connectivity index (χ2v) is 15.8. The molecule has 0 fully saturated rings. The molecule has 5 atom stereocenters. The average molecular weight is 603 g/mol. The van der Waals surface area contributed by atoms with Crippen LogP contribution in [0.15, 0.2) is 35.5 Å². The molecule has 3 rings (SSSR count). The average Bonchev–Trinajstić information content (AvgIpc) is 3.41. The maximum atomic E-state index is 12.8. The number of aliphatic hydroxyl groups is 3. The summed E-state index contributed by atoms with van der Waals surface area (Å²) >= 11 is 0. The van der Waals surface area contributed by atoms with Crippen LogP contribution in [0.25, 0.3) is 0 Å². The predicted molar refractivity (Wildman–Crippen MR) is 156 cm³/mol. The maximum Gasteiger partial charge on any atom is 0.392 e. The minimum absolute atomic E-state index is 0.0365. The molecule has 0 radical (unpaired) electrons. The second-order valence-electron chi connectivity index (χ2n) is 15.8. The number of ether oxygens (including phenoxy) is 3. The molecule has 3 aliphatic heterocycles. The number of aliphatic hydroxyl groups excluding tert-OH is 3. The molecule has 3 aliphatic rings. The van der Waals surface area contributed by atoms with Crippen LogP contribution in [0.3, 0.4) is 0 Å². The molecule has 0 aromatic rings. The number of alkyl halides is 3. The highest BCUT2D eigenvalue weighted by Gasteiger charge is 2.46. The van der Waals surface area contributed by atoms with E-state index in [1.165, 1.54) is 0 Å². The molecule has 5 unspecified atom stereocenters. The van der Waals surface area contributed by atoms with Gasteiger partial charge in [-0.3, -0.25) is 0 Å². The summed E-state index contributed by atoms with van der Waals surface area (Å²) in [5.74, 6) is 0.915. The Hall–Kier alpha value is -1.71. The maximum absolute atomic E-state index is 12.8. The fourth-order valence-electron chi connectivity index (χ4n) is 6.31. The zero-order valence-corrected chi connectivity index (χ0v) is 27.1. The van der Waals surface area contributed by atoms with Gasteiger partial charge in [0.1, 0.15) is 52.4 Å². The molecule has 0 aromatic heterocycles. The SMILES string of the molecule is CC(C)(CC(O)C1=CC(CCC(C)(C)C(O)C2=CCC(C)(C)O2)C(C)(C)O1)CC1C=C(C(O)CC(F)(F)F)OC1(C)C. The van der Waals surface area contributed by atoms with E-state index in [0.29, 0.717) is 24.4 Å². The van der Waals surface area contributed by atoms with E-state index in [1.54, 1.807) is 19.9 Å². The normalized spacial score (nSPS) is 27.3. The predicted octanol–water partition coefficient (Wildman–Crippen LogP) is 7.33. The van der Waals surface area contributed by atoms with E-state index in [9.17, 15) is 28.5 Å². The molecule has 0 aliphatic carbocycles. The molecule has 0 aromatic carbocycles. The third-order valence-electron chi connectivity index (χ3n) is 9.18. The summed E-state index contributed by atoms with van der Waals surface area (Å²) in [7, 11) is 0. The molecule has 3 heterocycles. The Labute approximate surface area is 250 Å². The molecule has 0 saturated carbocycles. The summed E-state index contributed by atoms with van der Waals surface area (Å²) in [6.07, 6.45) is -0.389. The van der Waals surface area contributed by atoms with Gasteiger partial charge >= 0.3 is 6.18 Å². The highest BCUT2D eigenvalue weighted by molar-refractivity contribution is 5.18. The number of hydrogen-bond acceptors (Lipinski definition) is 6. The molecule has 0 amide bonds. The van der Waals surface area contributed by atoms with Crippen LogP contribution in [0.2, 0.25) is 0 Å². The van der Waals surface area contributed by atoms with Crippen LogP contribution < -0.4 is 0 Å². The first-order chi connectivity index (χ1) is 18.8. The molecule has 242 valence electrons. The van der Waals surface area contributed by atoms with Crippen molar-refractivity contribution in [3.05, 3.63) is 35.5 Å². The molecular weight excluding hydrogens is 549 g/mol. The van der Waals surface area contributed by atoms with E-state index in [-0.39, 0.29) is 23.2 Å². The molecule has 0 bridgehead atoms. The summed E-state index contributed by atoms with van der Waals surface area (Å²) in [6.45, 7) is 19.7. The monoisotopic (exact) mass is 602 g/mol. The third-order valence-corrected chi connectivity index (χ3v) is 9.18. The molecule has 3 N–H and O–H groups in total. The van der Waals surface area contributed by atoms with E-state index >= 15 is 0 Å². The number of hydrogen-bond donors (Lipinski definition) is 3. The van der Waals surface area contributed by atoms with Gasteiger partial charge in [0, 0.05) is 18.3 Å². The standard InChI is InChI=1S/C33H53F3O6/c1-28(2,17-21-16-26(42-32(21,9)10)23(38)19-33(34,35)36)18-22(37)25-15-20(31(7,8)41-25)11-13-29(3,4)27(39)24-12-14-30(5,6)40-24/h12,15-16,20-23,27,37-39H,11,13-14,17-19H2,1-10H3. The Balaban J connectivity index is 1.62. The Kier molecular flexibility index (Phi) is 9.65. The van der Waals surface area contributed by atoms with Gasteiger partial charge in [0.15, 0.2) is 0 Å². The van der Waals surface area contributed by atoms with Crippen LogP contribution in [0.4, 0.5) is 13.2 Å². The van der Waals surface area contributed by atoms with Crippen molar-refractivity contribution in [2.24, 2.45) is 22.7 Å². The van der Waals surface area contributed by atoms with Gasteiger partial charge in [0.25, 0.3) is 0 Å². The van der Waals surface area contributed by atoms with Gasteiger partial charge in [0.05, 0.1) is 6.42 Å². The lowest BCUT2D eigenvalue weighted by Crippen LogP contribution is -2.35. The quantitative estimate of drug-likeness (QED) is 0.217. The third kappa shape index (κ3) is 8.69. The highest BCUT2D eigenvalue weighted by Crippen LogP contribution is 2.47. The van der Waals surface area contributed by atoms with E-state index in [0.717, 1.165) is 19.3 Å².